The molecule has 1 saturated carbocycles. The standard InChI is InChI=1S/C20H26F3NO2/c21-20(22,23)17-2-1-16(14-26)18(13-17)24-10-8-19(9-11-24)6-3-15(4-7-19)5-12-25/h1-2,12-13,15,26H,3-11,14H2. The lowest BCUT2D eigenvalue weighted by atomic mass is 9.65. The number of nitrogens with zero attached hydrogens (tertiary/aromatic N) is 1. The molecule has 1 aliphatic carbocycles. The number of carbonyl (C=O) groups is 1. The van der Waals surface area contributed by atoms with Crippen molar-refractivity contribution in [2.75, 3.05) is 18.0 Å². The molecule has 1 aromatic carbocycles. The second-order valence-corrected chi connectivity index (χ2v) is 7.83. The van der Waals surface area contributed by atoms with Crippen LogP contribution >= 0.6 is 0 Å². The smallest absolute Gasteiger partial charge is 0.392 e. The van der Waals surface area contributed by atoms with Crippen molar-refractivity contribution in [1.29, 1.82) is 0 Å². The number of hydrogen-bond donors (Lipinski definition) is 1. The van der Waals surface area contributed by atoms with Crippen LogP contribution in [0, 0.1) is 11.3 Å². The van der Waals surface area contributed by atoms with E-state index in [1.807, 2.05) is 4.90 Å². The Hall–Kier alpha value is -1.56. The van der Waals surface area contributed by atoms with E-state index in [4.69, 9.17) is 0 Å². The zero-order chi connectivity index (χ0) is 18.8. The maximum Gasteiger partial charge on any atom is 0.416 e. The molecule has 1 N–H and O–H groups in total. The second-order valence-electron chi connectivity index (χ2n) is 7.83. The SMILES string of the molecule is O=CCC1CCC2(CC1)CCN(c1cc(C(F)(F)F)ccc1CO)CC2. The second kappa shape index (κ2) is 7.59. The van der Waals surface area contributed by atoms with Gasteiger partial charge in [0.05, 0.1) is 12.2 Å². The summed E-state index contributed by atoms with van der Waals surface area (Å²) in [4.78, 5) is 12.7. The van der Waals surface area contributed by atoms with Crippen LogP contribution in [0.15, 0.2) is 18.2 Å². The van der Waals surface area contributed by atoms with E-state index >= 15 is 0 Å². The zero-order valence-corrected chi connectivity index (χ0v) is 14.9. The van der Waals surface area contributed by atoms with Gasteiger partial charge in [0, 0.05) is 30.8 Å². The summed E-state index contributed by atoms with van der Waals surface area (Å²) in [5.74, 6) is 0.501. The molecule has 1 spiro atoms. The molecule has 2 aliphatic rings. The van der Waals surface area contributed by atoms with Crippen molar-refractivity contribution >= 4 is 12.0 Å². The van der Waals surface area contributed by atoms with Gasteiger partial charge in [-0.15, -0.1) is 0 Å². The monoisotopic (exact) mass is 369 g/mol. The van der Waals surface area contributed by atoms with Gasteiger partial charge in [0.25, 0.3) is 0 Å². The van der Waals surface area contributed by atoms with Gasteiger partial charge in [0.2, 0.25) is 0 Å². The Kier molecular flexibility index (Phi) is 5.61. The first kappa shape index (κ1) is 19.2. The first-order valence-corrected chi connectivity index (χ1v) is 9.36. The van der Waals surface area contributed by atoms with Crippen LogP contribution in [0.25, 0.3) is 0 Å². The van der Waals surface area contributed by atoms with Gasteiger partial charge in [-0.3, -0.25) is 0 Å². The highest BCUT2D eigenvalue weighted by Gasteiger charge is 2.38. The lowest BCUT2D eigenvalue weighted by Gasteiger charge is -2.46. The largest absolute Gasteiger partial charge is 0.416 e. The van der Waals surface area contributed by atoms with Crippen LogP contribution in [-0.4, -0.2) is 24.5 Å². The molecule has 144 valence electrons. The molecule has 26 heavy (non-hydrogen) atoms. The van der Waals surface area contributed by atoms with Crippen molar-refractivity contribution in [3.63, 3.8) is 0 Å². The highest BCUT2D eigenvalue weighted by atomic mass is 19.4. The summed E-state index contributed by atoms with van der Waals surface area (Å²) in [6.07, 6.45) is 3.56. The molecular formula is C20H26F3NO2. The van der Waals surface area contributed by atoms with Gasteiger partial charge in [-0.05, 0) is 62.0 Å². The van der Waals surface area contributed by atoms with Crippen LogP contribution in [-0.2, 0) is 17.6 Å². The highest BCUT2D eigenvalue weighted by molar-refractivity contribution is 5.56. The summed E-state index contributed by atoms with van der Waals surface area (Å²) in [6, 6.07) is 3.59. The van der Waals surface area contributed by atoms with Gasteiger partial charge in [-0.1, -0.05) is 6.07 Å². The fourth-order valence-electron chi connectivity index (χ4n) is 4.55. The third kappa shape index (κ3) is 4.05. The number of aliphatic hydroxyl groups excluding tert-OH is 1. The third-order valence-electron chi connectivity index (χ3n) is 6.34. The Balaban J connectivity index is 1.69. The highest BCUT2D eigenvalue weighted by Crippen LogP contribution is 2.47. The number of piperidine rings is 1. The molecule has 1 aromatic rings. The van der Waals surface area contributed by atoms with Gasteiger partial charge in [0.15, 0.2) is 0 Å². The molecule has 2 fully saturated rings. The fourth-order valence-corrected chi connectivity index (χ4v) is 4.55. The Morgan fingerprint density at radius 2 is 1.81 bits per heavy atom. The average Bonchev–Trinajstić information content (AvgIpc) is 2.63. The molecule has 0 bridgehead atoms. The number of benzene rings is 1. The maximum atomic E-state index is 13.1. The number of hydrogen-bond acceptors (Lipinski definition) is 3. The number of alkyl halides is 3. The van der Waals surface area contributed by atoms with Crippen LogP contribution < -0.4 is 4.90 Å². The molecule has 1 aliphatic heterocycles. The van der Waals surface area contributed by atoms with Gasteiger partial charge in [-0.25, -0.2) is 0 Å². The fraction of sp³-hybridized carbons (Fsp3) is 0.650. The summed E-state index contributed by atoms with van der Waals surface area (Å²) in [5, 5.41) is 9.53. The Morgan fingerprint density at radius 3 is 2.35 bits per heavy atom. The molecule has 0 atom stereocenters. The van der Waals surface area contributed by atoms with Crippen molar-refractivity contribution in [2.24, 2.45) is 11.3 Å². The van der Waals surface area contributed by atoms with Crippen molar-refractivity contribution in [2.45, 2.75) is 57.7 Å². The predicted octanol–water partition coefficient (Wildman–Crippen LogP) is 4.56. The summed E-state index contributed by atoms with van der Waals surface area (Å²) in [7, 11) is 0. The lowest BCUT2D eigenvalue weighted by Crippen LogP contribution is -2.42. The van der Waals surface area contributed by atoms with Crippen molar-refractivity contribution in [3.05, 3.63) is 29.3 Å². The van der Waals surface area contributed by atoms with Crippen LogP contribution in [0.4, 0.5) is 18.9 Å². The predicted molar refractivity (Wildman–Crippen MR) is 93.9 cm³/mol. The van der Waals surface area contributed by atoms with E-state index in [0.717, 1.165) is 50.9 Å². The van der Waals surface area contributed by atoms with E-state index in [9.17, 15) is 23.1 Å². The summed E-state index contributed by atoms with van der Waals surface area (Å²) in [6.45, 7) is 1.17. The van der Waals surface area contributed by atoms with E-state index in [1.54, 1.807) is 0 Å². The van der Waals surface area contributed by atoms with Gasteiger partial charge in [-0.2, -0.15) is 13.2 Å². The maximum absolute atomic E-state index is 13.1. The third-order valence-corrected chi connectivity index (χ3v) is 6.34. The number of rotatable bonds is 4. The summed E-state index contributed by atoms with van der Waals surface area (Å²) < 4.78 is 39.2. The van der Waals surface area contributed by atoms with E-state index in [2.05, 4.69) is 0 Å². The number of halogens is 3. The first-order valence-electron chi connectivity index (χ1n) is 9.36. The van der Waals surface area contributed by atoms with Crippen LogP contribution in [0.3, 0.4) is 0 Å². The Bertz CT molecular complexity index is 626. The Morgan fingerprint density at radius 1 is 1.15 bits per heavy atom. The molecule has 3 rings (SSSR count). The van der Waals surface area contributed by atoms with Crippen LogP contribution in [0.2, 0.25) is 0 Å². The van der Waals surface area contributed by atoms with Crippen LogP contribution in [0.5, 0.6) is 0 Å². The quantitative estimate of drug-likeness (QED) is 0.791. The van der Waals surface area contributed by atoms with E-state index in [0.29, 0.717) is 36.7 Å². The minimum absolute atomic E-state index is 0.261. The average molecular weight is 369 g/mol. The first-order chi connectivity index (χ1) is 12.4. The summed E-state index contributed by atoms with van der Waals surface area (Å²) in [5.41, 5.74) is 0.659. The topological polar surface area (TPSA) is 40.5 Å². The van der Waals surface area contributed by atoms with E-state index in [-0.39, 0.29) is 12.0 Å². The minimum atomic E-state index is -4.38. The molecule has 0 radical (unpaired) electrons. The van der Waals surface area contributed by atoms with Gasteiger partial charge in [0.1, 0.15) is 6.29 Å². The molecule has 1 saturated heterocycles. The number of anilines is 1. The van der Waals surface area contributed by atoms with Crippen LogP contribution in [0.1, 0.15) is 56.1 Å². The molecule has 3 nitrogen and oxygen atoms in total. The van der Waals surface area contributed by atoms with E-state index < -0.39 is 11.7 Å². The Labute approximate surface area is 152 Å². The molecule has 1 heterocycles. The zero-order valence-electron chi connectivity index (χ0n) is 14.9. The number of carbonyl (C=O) groups excluding carboxylic acids is 1. The lowest BCUT2D eigenvalue weighted by molar-refractivity contribution is -0.137. The normalized spacial score (nSPS) is 21.2. The van der Waals surface area contributed by atoms with Crippen molar-refractivity contribution < 1.29 is 23.1 Å². The number of aliphatic hydroxyl groups is 1. The van der Waals surface area contributed by atoms with E-state index in [1.165, 1.54) is 12.1 Å². The number of aldehydes is 1. The van der Waals surface area contributed by atoms with Gasteiger partial charge < -0.3 is 14.8 Å². The molecule has 0 unspecified atom stereocenters. The molecule has 0 aromatic heterocycles. The molecule has 6 heteroatoms. The summed E-state index contributed by atoms with van der Waals surface area (Å²) >= 11 is 0. The van der Waals surface area contributed by atoms with Gasteiger partial charge >= 0.3 is 6.18 Å². The molecular weight excluding hydrogens is 343 g/mol. The minimum Gasteiger partial charge on any atom is -0.392 e. The van der Waals surface area contributed by atoms with Crippen molar-refractivity contribution in [1.82, 2.24) is 0 Å². The van der Waals surface area contributed by atoms with Crippen molar-refractivity contribution in [3.8, 4) is 0 Å². The molecule has 0 amide bonds.